The minimum Gasteiger partial charge on any atom is -0.361 e. The van der Waals surface area contributed by atoms with Crippen LogP contribution in [0, 0.1) is 6.92 Å². The standard InChI is InChI=1S/C27H35N5.HI/c1-19-7-6-10-25-21(17-30-26(19)25)13-14-29-27(28-2)31-22-15-23-11-12-24(16-22)32(23)18-20-8-4-3-5-9-20;/h3-10,17,22-24,30H,11-16,18H2,1-2H3,(H2,28,29,31);1H. The van der Waals surface area contributed by atoms with E-state index in [0.29, 0.717) is 18.1 Å². The van der Waals surface area contributed by atoms with Gasteiger partial charge in [-0.05, 0) is 55.7 Å². The van der Waals surface area contributed by atoms with Crippen molar-refractivity contribution in [3.63, 3.8) is 0 Å². The van der Waals surface area contributed by atoms with Gasteiger partial charge in [-0.1, -0.05) is 48.5 Å². The maximum Gasteiger partial charge on any atom is 0.191 e. The van der Waals surface area contributed by atoms with Crippen molar-refractivity contribution in [2.45, 2.75) is 63.7 Å². The number of aromatic nitrogens is 1. The van der Waals surface area contributed by atoms with Crippen molar-refractivity contribution >= 4 is 40.8 Å². The lowest BCUT2D eigenvalue weighted by atomic mass is 9.96. The zero-order valence-electron chi connectivity index (χ0n) is 19.7. The Morgan fingerprint density at radius 3 is 2.55 bits per heavy atom. The van der Waals surface area contributed by atoms with E-state index < -0.39 is 0 Å². The van der Waals surface area contributed by atoms with E-state index >= 15 is 0 Å². The van der Waals surface area contributed by atoms with E-state index in [1.54, 1.807) is 0 Å². The molecular formula is C27H36IN5. The number of aliphatic imine (C=N–C) groups is 1. The third-order valence-electron chi connectivity index (χ3n) is 7.35. The number of H-pyrrole nitrogens is 1. The Bertz CT molecular complexity index is 1060. The van der Waals surface area contributed by atoms with Crippen LogP contribution in [0.15, 0.2) is 59.7 Å². The molecule has 2 aliphatic heterocycles. The zero-order chi connectivity index (χ0) is 21.9. The lowest BCUT2D eigenvalue weighted by molar-refractivity contribution is 0.114. The van der Waals surface area contributed by atoms with Crippen LogP contribution in [0.4, 0.5) is 0 Å². The molecule has 0 radical (unpaired) electrons. The molecule has 6 heteroatoms. The van der Waals surface area contributed by atoms with Gasteiger partial charge in [0.05, 0.1) is 0 Å². The minimum absolute atomic E-state index is 0. The lowest BCUT2D eigenvalue weighted by Gasteiger charge is -2.39. The summed E-state index contributed by atoms with van der Waals surface area (Å²) in [5, 5.41) is 8.60. The van der Waals surface area contributed by atoms with Crippen LogP contribution in [0.2, 0.25) is 0 Å². The molecule has 1 aromatic heterocycles. The van der Waals surface area contributed by atoms with Crippen molar-refractivity contribution in [1.29, 1.82) is 0 Å². The lowest BCUT2D eigenvalue weighted by Crippen LogP contribution is -2.52. The third-order valence-corrected chi connectivity index (χ3v) is 7.35. The highest BCUT2D eigenvalue weighted by Crippen LogP contribution is 2.36. The number of nitrogens with one attached hydrogen (secondary N) is 3. The van der Waals surface area contributed by atoms with Crippen molar-refractivity contribution in [2.24, 2.45) is 4.99 Å². The zero-order valence-corrected chi connectivity index (χ0v) is 22.0. The summed E-state index contributed by atoms with van der Waals surface area (Å²) in [6.45, 7) is 4.12. The Labute approximate surface area is 214 Å². The Hall–Kier alpha value is -2.06. The van der Waals surface area contributed by atoms with E-state index in [1.807, 2.05) is 7.05 Å². The number of aryl methyl sites for hydroxylation is 1. The number of aromatic amines is 1. The monoisotopic (exact) mass is 557 g/mol. The van der Waals surface area contributed by atoms with E-state index in [0.717, 1.165) is 25.5 Å². The number of piperidine rings is 1. The fourth-order valence-corrected chi connectivity index (χ4v) is 5.72. The van der Waals surface area contributed by atoms with Gasteiger partial charge in [-0.3, -0.25) is 9.89 Å². The fraction of sp³-hybridized carbons (Fsp3) is 0.444. The first-order valence-corrected chi connectivity index (χ1v) is 12.0. The molecular weight excluding hydrogens is 521 g/mol. The fourth-order valence-electron chi connectivity index (χ4n) is 5.72. The number of rotatable bonds is 6. The molecule has 2 aromatic carbocycles. The van der Waals surface area contributed by atoms with Gasteiger partial charge in [0.2, 0.25) is 0 Å². The number of halogens is 1. The summed E-state index contributed by atoms with van der Waals surface area (Å²) < 4.78 is 0. The van der Waals surface area contributed by atoms with Crippen LogP contribution in [-0.4, -0.2) is 47.6 Å². The quantitative estimate of drug-likeness (QED) is 0.227. The van der Waals surface area contributed by atoms with Gasteiger partial charge < -0.3 is 15.6 Å². The molecule has 2 unspecified atom stereocenters. The molecule has 0 aliphatic carbocycles. The average molecular weight is 558 g/mol. The molecule has 2 aliphatic rings. The van der Waals surface area contributed by atoms with Gasteiger partial charge in [-0.15, -0.1) is 24.0 Å². The summed E-state index contributed by atoms with van der Waals surface area (Å²) >= 11 is 0. The molecule has 0 saturated carbocycles. The summed E-state index contributed by atoms with van der Waals surface area (Å²) in [6.07, 6.45) is 8.17. The molecule has 0 spiro atoms. The number of para-hydroxylation sites is 1. The molecule has 176 valence electrons. The number of benzene rings is 2. The first kappa shape index (κ1) is 24.1. The van der Waals surface area contributed by atoms with Gasteiger partial charge in [0.25, 0.3) is 0 Å². The van der Waals surface area contributed by atoms with Gasteiger partial charge in [0, 0.05) is 55.4 Å². The van der Waals surface area contributed by atoms with Gasteiger partial charge >= 0.3 is 0 Å². The maximum absolute atomic E-state index is 4.51. The molecule has 33 heavy (non-hydrogen) atoms. The summed E-state index contributed by atoms with van der Waals surface area (Å²) in [6, 6.07) is 19.3. The summed E-state index contributed by atoms with van der Waals surface area (Å²) in [4.78, 5) is 10.7. The van der Waals surface area contributed by atoms with Crippen molar-refractivity contribution in [2.75, 3.05) is 13.6 Å². The van der Waals surface area contributed by atoms with E-state index in [2.05, 4.69) is 87.2 Å². The molecule has 3 heterocycles. The van der Waals surface area contributed by atoms with Crippen LogP contribution in [0.1, 0.15) is 42.4 Å². The highest BCUT2D eigenvalue weighted by atomic mass is 127. The van der Waals surface area contributed by atoms with Crippen LogP contribution in [0.25, 0.3) is 10.9 Å². The molecule has 5 rings (SSSR count). The largest absolute Gasteiger partial charge is 0.361 e. The van der Waals surface area contributed by atoms with Crippen LogP contribution in [0.5, 0.6) is 0 Å². The van der Waals surface area contributed by atoms with Crippen LogP contribution in [-0.2, 0) is 13.0 Å². The van der Waals surface area contributed by atoms with E-state index in [-0.39, 0.29) is 24.0 Å². The van der Waals surface area contributed by atoms with Gasteiger partial charge in [-0.25, -0.2) is 0 Å². The Morgan fingerprint density at radius 1 is 1.06 bits per heavy atom. The van der Waals surface area contributed by atoms with Gasteiger partial charge in [-0.2, -0.15) is 0 Å². The predicted molar refractivity (Wildman–Crippen MR) is 148 cm³/mol. The summed E-state index contributed by atoms with van der Waals surface area (Å²) in [5.74, 6) is 0.932. The number of guanidine groups is 1. The van der Waals surface area contributed by atoms with Crippen LogP contribution in [0.3, 0.4) is 0 Å². The van der Waals surface area contributed by atoms with Crippen LogP contribution >= 0.6 is 24.0 Å². The maximum atomic E-state index is 4.51. The molecule has 2 atom stereocenters. The van der Waals surface area contributed by atoms with Gasteiger partial charge in [0.1, 0.15) is 0 Å². The van der Waals surface area contributed by atoms with Crippen molar-refractivity contribution in [1.82, 2.24) is 20.5 Å². The Morgan fingerprint density at radius 2 is 1.82 bits per heavy atom. The first-order valence-electron chi connectivity index (χ1n) is 12.0. The normalized spacial score (nSPS) is 22.8. The summed E-state index contributed by atoms with van der Waals surface area (Å²) in [5.41, 5.74) is 5.34. The molecule has 5 nitrogen and oxygen atoms in total. The Kier molecular flexibility index (Phi) is 7.96. The SMILES string of the molecule is CN=C(NCCc1c[nH]c2c(C)cccc12)NC1CC2CCC(C1)N2Cc1ccccc1.I. The number of hydrogen-bond donors (Lipinski definition) is 3. The third kappa shape index (κ3) is 5.38. The molecule has 2 fully saturated rings. The number of nitrogens with zero attached hydrogens (tertiary/aromatic N) is 2. The van der Waals surface area contributed by atoms with Crippen molar-refractivity contribution in [3.05, 3.63) is 71.4 Å². The molecule has 2 saturated heterocycles. The molecule has 2 bridgehead atoms. The average Bonchev–Trinajstić information content (AvgIpc) is 3.32. The molecule has 0 amide bonds. The molecule has 3 N–H and O–H groups in total. The Balaban J connectivity index is 0.00000259. The second kappa shape index (κ2) is 10.9. The van der Waals surface area contributed by atoms with Gasteiger partial charge in [0.15, 0.2) is 5.96 Å². The van der Waals surface area contributed by atoms with E-state index in [4.69, 9.17) is 0 Å². The first-order chi connectivity index (χ1) is 15.7. The summed E-state index contributed by atoms with van der Waals surface area (Å²) in [7, 11) is 1.88. The number of hydrogen-bond acceptors (Lipinski definition) is 2. The highest BCUT2D eigenvalue weighted by Gasteiger charge is 2.40. The van der Waals surface area contributed by atoms with Crippen LogP contribution < -0.4 is 10.6 Å². The predicted octanol–water partition coefficient (Wildman–Crippen LogP) is 5.00. The second-order valence-electron chi connectivity index (χ2n) is 9.42. The number of fused-ring (bicyclic) bond motifs is 3. The van der Waals surface area contributed by atoms with E-state index in [1.165, 1.54) is 53.3 Å². The highest BCUT2D eigenvalue weighted by molar-refractivity contribution is 14.0. The second-order valence-corrected chi connectivity index (χ2v) is 9.42. The van der Waals surface area contributed by atoms with Crippen molar-refractivity contribution in [3.8, 4) is 0 Å². The smallest absolute Gasteiger partial charge is 0.191 e. The van der Waals surface area contributed by atoms with Crippen molar-refractivity contribution < 1.29 is 0 Å². The van der Waals surface area contributed by atoms with E-state index in [9.17, 15) is 0 Å². The topological polar surface area (TPSA) is 55.5 Å². The molecule has 3 aromatic rings. The minimum atomic E-state index is 0.